The number of nitrogens with zero attached hydrogens (tertiary/aromatic N) is 1. The second-order valence-electron chi connectivity index (χ2n) is 6.10. The Hall–Kier alpha value is -1.34. The maximum absolute atomic E-state index is 11.7. The van der Waals surface area contributed by atoms with Gasteiger partial charge in [-0.15, -0.1) is 0 Å². The molecule has 1 saturated heterocycles. The smallest absolute Gasteiger partial charge is 0.413 e. The Labute approximate surface area is 129 Å². The van der Waals surface area contributed by atoms with E-state index in [0.29, 0.717) is 5.13 Å². The van der Waals surface area contributed by atoms with Crippen LogP contribution in [0.5, 0.6) is 5.06 Å². The van der Waals surface area contributed by atoms with Gasteiger partial charge in [0.25, 0.3) is 0 Å². The summed E-state index contributed by atoms with van der Waals surface area (Å²) in [5, 5.41) is 7.22. The molecule has 1 fully saturated rings. The molecule has 1 aliphatic heterocycles. The van der Waals surface area contributed by atoms with Crippen molar-refractivity contribution >= 4 is 22.6 Å². The van der Waals surface area contributed by atoms with Crippen LogP contribution in [0.4, 0.5) is 9.93 Å². The lowest BCUT2D eigenvalue weighted by Crippen LogP contribution is -2.37. The van der Waals surface area contributed by atoms with Crippen molar-refractivity contribution in [2.24, 2.45) is 0 Å². The number of carbonyl (C=O) groups is 1. The highest BCUT2D eigenvalue weighted by atomic mass is 32.1. The van der Waals surface area contributed by atoms with Crippen molar-refractivity contribution in [3.63, 3.8) is 0 Å². The van der Waals surface area contributed by atoms with Crippen molar-refractivity contribution in [3.05, 3.63) is 5.69 Å². The van der Waals surface area contributed by atoms with Crippen LogP contribution in [0.2, 0.25) is 0 Å². The zero-order chi connectivity index (χ0) is 15.5. The van der Waals surface area contributed by atoms with Gasteiger partial charge in [0, 0.05) is 6.54 Å². The Morgan fingerprint density at radius 2 is 2.24 bits per heavy atom. The molecular formula is C14H23N3O3S. The standard InChI is InChI=1S/C14H23N3O3S/c1-9-11(19-10-6-5-7-15-8-10)21-12(16-9)17-13(18)20-14(2,3)4/h10,15H,5-8H2,1-4H3,(H,16,17,18). The van der Waals surface area contributed by atoms with Crippen molar-refractivity contribution in [2.75, 3.05) is 18.4 Å². The lowest BCUT2D eigenvalue weighted by molar-refractivity contribution is 0.0636. The third-order valence-electron chi connectivity index (χ3n) is 2.89. The largest absolute Gasteiger partial charge is 0.478 e. The van der Waals surface area contributed by atoms with Gasteiger partial charge in [-0.1, -0.05) is 11.3 Å². The molecule has 1 unspecified atom stereocenters. The average molecular weight is 313 g/mol. The summed E-state index contributed by atoms with van der Waals surface area (Å²) in [7, 11) is 0. The van der Waals surface area contributed by atoms with Crippen LogP contribution in [0.25, 0.3) is 0 Å². The number of hydrogen-bond acceptors (Lipinski definition) is 6. The molecule has 0 saturated carbocycles. The number of anilines is 1. The van der Waals surface area contributed by atoms with Gasteiger partial charge in [0.05, 0.1) is 5.69 Å². The summed E-state index contributed by atoms with van der Waals surface area (Å²) in [5.41, 5.74) is 0.264. The quantitative estimate of drug-likeness (QED) is 0.897. The first kappa shape index (κ1) is 16.0. The van der Waals surface area contributed by atoms with E-state index in [0.717, 1.165) is 36.7 Å². The van der Waals surface area contributed by atoms with Gasteiger partial charge < -0.3 is 14.8 Å². The lowest BCUT2D eigenvalue weighted by Gasteiger charge is -2.23. The minimum atomic E-state index is -0.524. The second kappa shape index (κ2) is 6.62. The molecule has 1 aromatic heterocycles. The first-order valence-corrected chi connectivity index (χ1v) is 8.00. The SMILES string of the molecule is Cc1nc(NC(=O)OC(C)(C)C)sc1OC1CCCNC1. The van der Waals surface area contributed by atoms with E-state index in [-0.39, 0.29) is 6.10 Å². The molecule has 1 atom stereocenters. The van der Waals surface area contributed by atoms with E-state index in [9.17, 15) is 4.79 Å². The summed E-state index contributed by atoms with van der Waals surface area (Å²) >= 11 is 1.33. The summed E-state index contributed by atoms with van der Waals surface area (Å²) in [6, 6.07) is 0. The fraction of sp³-hybridized carbons (Fsp3) is 0.714. The number of carbonyl (C=O) groups excluding carboxylic acids is 1. The first-order chi connectivity index (χ1) is 9.83. The monoisotopic (exact) mass is 313 g/mol. The Balaban J connectivity index is 1.93. The molecule has 7 heteroatoms. The lowest BCUT2D eigenvalue weighted by atomic mass is 10.1. The van der Waals surface area contributed by atoms with Crippen molar-refractivity contribution in [1.29, 1.82) is 0 Å². The number of piperidine rings is 1. The van der Waals surface area contributed by atoms with Gasteiger partial charge in [0.1, 0.15) is 11.7 Å². The predicted octanol–water partition coefficient (Wildman–Crippen LogP) is 2.93. The Bertz CT molecular complexity index is 490. The van der Waals surface area contributed by atoms with Crippen LogP contribution in [-0.4, -0.2) is 35.9 Å². The molecule has 2 rings (SSSR count). The number of amides is 1. The van der Waals surface area contributed by atoms with Gasteiger partial charge in [-0.2, -0.15) is 0 Å². The maximum atomic E-state index is 11.7. The number of thiazole rings is 1. The highest BCUT2D eigenvalue weighted by Crippen LogP contribution is 2.32. The van der Waals surface area contributed by atoms with Crippen molar-refractivity contribution in [3.8, 4) is 5.06 Å². The van der Waals surface area contributed by atoms with Crippen LogP contribution in [-0.2, 0) is 4.74 Å². The van der Waals surface area contributed by atoms with Crippen LogP contribution in [0.15, 0.2) is 0 Å². The molecule has 1 amide bonds. The van der Waals surface area contributed by atoms with Gasteiger partial charge in [-0.3, -0.25) is 5.32 Å². The van der Waals surface area contributed by atoms with E-state index in [2.05, 4.69) is 15.6 Å². The Morgan fingerprint density at radius 3 is 2.86 bits per heavy atom. The first-order valence-electron chi connectivity index (χ1n) is 7.18. The molecule has 1 aliphatic rings. The van der Waals surface area contributed by atoms with Gasteiger partial charge >= 0.3 is 6.09 Å². The molecule has 2 N–H and O–H groups in total. The van der Waals surface area contributed by atoms with Gasteiger partial charge in [-0.25, -0.2) is 9.78 Å². The molecular weight excluding hydrogens is 290 g/mol. The van der Waals surface area contributed by atoms with Crippen LogP contribution in [0, 0.1) is 6.92 Å². The van der Waals surface area contributed by atoms with E-state index < -0.39 is 11.7 Å². The van der Waals surface area contributed by atoms with Crippen molar-refractivity contribution in [1.82, 2.24) is 10.3 Å². The highest BCUT2D eigenvalue weighted by Gasteiger charge is 2.20. The topological polar surface area (TPSA) is 72.5 Å². The molecule has 118 valence electrons. The second-order valence-corrected chi connectivity index (χ2v) is 7.07. The van der Waals surface area contributed by atoms with E-state index in [1.165, 1.54) is 11.3 Å². The van der Waals surface area contributed by atoms with Crippen LogP contribution >= 0.6 is 11.3 Å². The van der Waals surface area contributed by atoms with Crippen molar-refractivity contribution in [2.45, 2.75) is 52.2 Å². The van der Waals surface area contributed by atoms with Crippen LogP contribution in [0.3, 0.4) is 0 Å². The highest BCUT2D eigenvalue weighted by molar-refractivity contribution is 7.17. The fourth-order valence-corrected chi connectivity index (χ4v) is 2.88. The van der Waals surface area contributed by atoms with E-state index in [1.807, 2.05) is 27.7 Å². The maximum Gasteiger partial charge on any atom is 0.413 e. The summed E-state index contributed by atoms with van der Waals surface area (Å²) < 4.78 is 11.2. The van der Waals surface area contributed by atoms with Crippen molar-refractivity contribution < 1.29 is 14.3 Å². The Morgan fingerprint density at radius 1 is 1.48 bits per heavy atom. The molecule has 0 radical (unpaired) electrons. The van der Waals surface area contributed by atoms with Crippen LogP contribution in [0.1, 0.15) is 39.3 Å². The number of aryl methyl sites for hydroxylation is 1. The number of hydrogen-bond donors (Lipinski definition) is 2. The van der Waals surface area contributed by atoms with E-state index >= 15 is 0 Å². The zero-order valence-electron chi connectivity index (χ0n) is 13.0. The van der Waals surface area contributed by atoms with Gasteiger partial charge in [0.2, 0.25) is 0 Å². The normalized spacial score (nSPS) is 19.1. The van der Waals surface area contributed by atoms with E-state index in [1.54, 1.807) is 0 Å². The summed E-state index contributed by atoms with van der Waals surface area (Å²) in [6.45, 7) is 9.25. The summed E-state index contributed by atoms with van der Waals surface area (Å²) in [5.74, 6) is 0. The molecule has 0 bridgehead atoms. The molecule has 6 nitrogen and oxygen atoms in total. The molecule has 0 aliphatic carbocycles. The predicted molar refractivity (Wildman–Crippen MR) is 83.2 cm³/mol. The van der Waals surface area contributed by atoms with Gasteiger partial charge in [-0.05, 0) is 47.1 Å². The van der Waals surface area contributed by atoms with E-state index in [4.69, 9.17) is 9.47 Å². The minimum Gasteiger partial charge on any atom is -0.478 e. The molecule has 21 heavy (non-hydrogen) atoms. The minimum absolute atomic E-state index is 0.173. The third-order valence-corrected chi connectivity index (χ3v) is 3.85. The molecule has 0 aromatic carbocycles. The molecule has 2 heterocycles. The van der Waals surface area contributed by atoms with Crippen LogP contribution < -0.4 is 15.4 Å². The summed E-state index contributed by atoms with van der Waals surface area (Å²) in [6.07, 6.45) is 1.83. The number of rotatable bonds is 3. The number of ether oxygens (including phenoxy) is 2. The summed E-state index contributed by atoms with van der Waals surface area (Å²) in [4.78, 5) is 16.0. The third kappa shape index (κ3) is 5.17. The number of aromatic nitrogens is 1. The fourth-order valence-electron chi connectivity index (χ4n) is 2.01. The number of nitrogens with one attached hydrogen (secondary N) is 2. The Kier molecular flexibility index (Phi) is 5.05. The zero-order valence-corrected chi connectivity index (χ0v) is 13.8. The average Bonchev–Trinajstić information content (AvgIpc) is 2.68. The molecule has 1 aromatic rings. The molecule has 0 spiro atoms. The van der Waals surface area contributed by atoms with Gasteiger partial charge in [0.15, 0.2) is 10.2 Å².